The molecular weight excluding hydrogens is 404 g/mol. The van der Waals surface area contributed by atoms with E-state index < -0.39 is 5.54 Å². The van der Waals surface area contributed by atoms with Crippen LogP contribution in [0.4, 0.5) is 17.3 Å². The number of rotatable bonds is 8. The van der Waals surface area contributed by atoms with Crippen molar-refractivity contribution in [3.63, 3.8) is 0 Å². The summed E-state index contributed by atoms with van der Waals surface area (Å²) in [6.45, 7) is 10.2. The first-order chi connectivity index (χ1) is 15.4. The molecule has 172 valence electrons. The van der Waals surface area contributed by atoms with Crippen molar-refractivity contribution in [3.05, 3.63) is 35.4 Å². The molecule has 0 atom stereocenters. The summed E-state index contributed by atoms with van der Waals surface area (Å²) in [4.78, 5) is 26.3. The van der Waals surface area contributed by atoms with E-state index in [-0.39, 0.29) is 17.7 Å². The van der Waals surface area contributed by atoms with E-state index >= 15 is 0 Å². The molecule has 0 saturated carbocycles. The Labute approximate surface area is 190 Å². The zero-order chi connectivity index (χ0) is 22.7. The van der Waals surface area contributed by atoms with E-state index in [1.807, 2.05) is 18.7 Å². The maximum absolute atomic E-state index is 12.9. The SMILES string of the molecule is CCCCOc1nc(N)c2c(n1)N(Cc1cccc(CN3CCCC3)c1)C(C)(C)C(=O)N2. The molecule has 3 N–H and O–H groups in total. The van der Waals surface area contributed by atoms with Crippen molar-refractivity contribution in [2.24, 2.45) is 0 Å². The van der Waals surface area contributed by atoms with Gasteiger partial charge in [0.1, 0.15) is 11.2 Å². The average Bonchev–Trinajstić information content (AvgIpc) is 3.26. The summed E-state index contributed by atoms with van der Waals surface area (Å²) < 4.78 is 5.73. The number of carbonyl (C=O) groups is 1. The third-order valence-corrected chi connectivity index (χ3v) is 6.29. The Bertz CT molecular complexity index is 971. The lowest BCUT2D eigenvalue weighted by atomic mass is 9.97. The van der Waals surface area contributed by atoms with E-state index in [1.165, 1.54) is 18.4 Å². The fourth-order valence-electron chi connectivity index (χ4n) is 4.27. The normalized spacial score (nSPS) is 17.8. The largest absolute Gasteiger partial charge is 0.463 e. The van der Waals surface area contributed by atoms with Crippen molar-refractivity contribution in [1.29, 1.82) is 0 Å². The Morgan fingerprint density at radius 3 is 2.59 bits per heavy atom. The fraction of sp³-hybridized carbons (Fsp3) is 0.542. The number of hydrogen-bond acceptors (Lipinski definition) is 7. The van der Waals surface area contributed by atoms with Gasteiger partial charge in [0, 0.05) is 13.1 Å². The second kappa shape index (κ2) is 9.32. The molecule has 1 saturated heterocycles. The molecule has 2 aromatic rings. The van der Waals surface area contributed by atoms with Gasteiger partial charge in [-0.2, -0.15) is 9.97 Å². The summed E-state index contributed by atoms with van der Waals surface area (Å²) in [5, 5.41) is 2.90. The highest BCUT2D eigenvalue weighted by molar-refractivity contribution is 6.07. The van der Waals surface area contributed by atoms with Crippen LogP contribution in [-0.2, 0) is 17.9 Å². The number of carbonyl (C=O) groups excluding carboxylic acids is 1. The molecule has 1 fully saturated rings. The first-order valence-electron chi connectivity index (χ1n) is 11.6. The van der Waals surface area contributed by atoms with Gasteiger partial charge >= 0.3 is 6.01 Å². The van der Waals surface area contributed by atoms with Gasteiger partial charge in [0.05, 0.1) is 6.61 Å². The van der Waals surface area contributed by atoms with Gasteiger partial charge in [-0.15, -0.1) is 0 Å². The molecule has 0 aliphatic carbocycles. The minimum absolute atomic E-state index is 0.131. The van der Waals surface area contributed by atoms with E-state index in [0.717, 1.165) is 38.0 Å². The minimum atomic E-state index is -0.806. The summed E-state index contributed by atoms with van der Waals surface area (Å²) in [6, 6.07) is 8.83. The topological polar surface area (TPSA) is 96.6 Å². The highest BCUT2D eigenvalue weighted by atomic mass is 16.5. The Kier molecular flexibility index (Phi) is 6.50. The number of unbranched alkanes of at least 4 members (excludes halogenated alkanes) is 1. The maximum atomic E-state index is 12.9. The van der Waals surface area contributed by atoms with Crippen molar-refractivity contribution in [2.75, 3.05) is 35.6 Å². The summed E-state index contributed by atoms with van der Waals surface area (Å²) in [6.07, 6.45) is 4.48. The summed E-state index contributed by atoms with van der Waals surface area (Å²) in [5.41, 5.74) is 8.25. The number of benzene rings is 1. The van der Waals surface area contributed by atoms with Crippen molar-refractivity contribution in [1.82, 2.24) is 14.9 Å². The van der Waals surface area contributed by atoms with E-state index in [4.69, 9.17) is 10.5 Å². The second-order valence-corrected chi connectivity index (χ2v) is 9.19. The molecule has 1 amide bonds. The fourth-order valence-corrected chi connectivity index (χ4v) is 4.27. The van der Waals surface area contributed by atoms with Crippen molar-refractivity contribution in [3.8, 4) is 6.01 Å². The van der Waals surface area contributed by atoms with Gasteiger partial charge in [0.2, 0.25) is 5.91 Å². The van der Waals surface area contributed by atoms with E-state index in [0.29, 0.717) is 24.7 Å². The van der Waals surface area contributed by atoms with Crippen LogP contribution >= 0.6 is 0 Å². The van der Waals surface area contributed by atoms with Crippen molar-refractivity contribution >= 4 is 23.2 Å². The van der Waals surface area contributed by atoms with Crippen LogP contribution in [-0.4, -0.2) is 46.0 Å². The molecule has 1 aromatic heterocycles. The lowest BCUT2D eigenvalue weighted by Gasteiger charge is -2.42. The van der Waals surface area contributed by atoms with E-state index in [2.05, 4.69) is 51.4 Å². The van der Waals surface area contributed by atoms with Crippen LogP contribution in [0.1, 0.15) is 57.6 Å². The molecule has 3 heterocycles. The van der Waals surface area contributed by atoms with Gasteiger partial charge in [-0.1, -0.05) is 37.6 Å². The second-order valence-electron chi connectivity index (χ2n) is 9.19. The average molecular weight is 439 g/mol. The first-order valence-corrected chi connectivity index (χ1v) is 11.6. The van der Waals surface area contributed by atoms with Crippen LogP contribution in [0.25, 0.3) is 0 Å². The Morgan fingerprint density at radius 2 is 1.88 bits per heavy atom. The number of hydrogen-bond donors (Lipinski definition) is 2. The summed E-state index contributed by atoms with van der Waals surface area (Å²) >= 11 is 0. The molecule has 0 spiro atoms. The Morgan fingerprint density at radius 1 is 1.16 bits per heavy atom. The van der Waals surface area contributed by atoms with Gasteiger partial charge in [-0.25, -0.2) is 0 Å². The smallest absolute Gasteiger partial charge is 0.320 e. The van der Waals surface area contributed by atoms with E-state index in [1.54, 1.807) is 0 Å². The zero-order valence-corrected chi connectivity index (χ0v) is 19.4. The number of likely N-dealkylation sites (tertiary alicyclic amines) is 1. The number of nitrogens with zero attached hydrogens (tertiary/aromatic N) is 4. The number of nitrogens with one attached hydrogen (secondary N) is 1. The molecule has 4 rings (SSSR count). The monoisotopic (exact) mass is 438 g/mol. The third-order valence-electron chi connectivity index (χ3n) is 6.29. The van der Waals surface area contributed by atoms with Gasteiger partial charge < -0.3 is 20.7 Å². The number of anilines is 3. The molecule has 0 radical (unpaired) electrons. The van der Waals surface area contributed by atoms with Crippen molar-refractivity contribution in [2.45, 2.75) is 65.1 Å². The van der Waals surface area contributed by atoms with Gasteiger partial charge in [-0.3, -0.25) is 9.69 Å². The number of fused-ring (bicyclic) bond motifs is 1. The highest BCUT2D eigenvalue weighted by Crippen LogP contribution is 2.40. The number of aromatic nitrogens is 2. The number of ether oxygens (including phenoxy) is 1. The molecule has 0 unspecified atom stereocenters. The van der Waals surface area contributed by atoms with Crippen LogP contribution in [0.3, 0.4) is 0 Å². The number of amides is 1. The van der Waals surface area contributed by atoms with Crippen LogP contribution in [0, 0.1) is 0 Å². The molecule has 8 heteroatoms. The Balaban J connectivity index is 1.63. The number of nitrogen functional groups attached to an aromatic ring is 1. The molecule has 8 nitrogen and oxygen atoms in total. The summed E-state index contributed by atoms with van der Waals surface area (Å²) in [7, 11) is 0. The lowest BCUT2D eigenvalue weighted by molar-refractivity contribution is -0.120. The zero-order valence-electron chi connectivity index (χ0n) is 19.4. The lowest BCUT2D eigenvalue weighted by Crippen LogP contribution is -2.56. The van der Waals surface area contributed by atoms with Crippen LogP contribution < -0.4 is 20.7 Å². The van der Waals surface area contributed by atoms with Gasteiger partial charge in [0.15, 0.2) is 11.6 Å². The first kappa shape index (κ1) is 22.3. The maximum Gasteiger partial charge on any atom is 0.320 e. The van der Waals surface area contributed by atoms with Crippen LogP contribution in [0.15, 0.2) is 24.3 Å². The molecular formula is C24H34N6O2. The predicted octanol–water partition coefficient (Wildman–Crippen LogP) is 3.57. The Hall–Kier alpha value is -2.87. The molecule has 0 bridgehead atoms. The summed E-state index contributed by atoms with van der Waals surface area (Å²) in [5.74, 6) is 0.685. The number of nitrogens with two attached hydrogens (primary N) is 1. The van der Waals surface area contributed by atoms with E-state index in [9.17, 15) is 4.79 Å². The standard InChI is InChI=1S/C24H34N6O2/c1-4-5-13-32-23-27-20(25)19-21(28-23)30(24(2,3)22(31)26-19)16-18-10-8-9-17(14-18)15-29-11-6-7-12-29/h8-10,14H,4-7,11-13,15-16H2,1-3H3,(H,26,31)(H2,25,27,28). The predicted molar refractivity (Wildman–Crippen MR) is 127 cm³/mol. The quantitative estimate of drug-likeness (QED) is 0.608. The molecule has 1 aromatic carbocycles. The van der Waals surface area contributed by atoms with Gasteiger partial charge in [-0.05, 0) is 57.3 Å². The molecule has 32 heavy (non-hydrogen) atoms. The molecule has 2 aliphatic rings. The third kappa shape index (κ3) is 4.65. The minimum Gasteiger partial charge on any atom is -0.463 e. The molecule has 2 aliphatic heterocycles. The van der Waals surface area contributed by atoms with Gasteiger partial charge in [0.25, 0.3) is 0 Å². The highest BCUT2D eigenvalue weighted by Gasteiger charge is 2.42. The van der Waals surface area contributed by atoms with Crippen LogP contribution in [0.2, 0.25) is 0 Å². The van der Waals surface area contributed by atoms with Crippen molar-refractivity contribution < 1.29 is 9.53 Å². The van der Waals surface area contributed by atoms with Crippen LogP contribution in [0.5, 0.6) is 6.01 Å².